The SMILES string of the molecule is CC(O)(CC(=O)O)C(=O)C(=O)O. The van der Waals surface area contributed by atoms with Crippen LogP contribution in [0.2, 0.25) is 0 Å². The molecule has 0 bridgehead atoms. The molecule has 0 heterocycles. The average molecular weight is 176 g/mol. The zero-order chi connectivity index (χ0) is 9.94. The summed E-state index contributed by atoms with van der Waals surface area (Å²) < 4.78 is 0. The van der Waals surface area contributed by atoms with Gasteiger partial charge >= 0.3 is 11.9 Å². The molecule has 0 fully saturated rings. The largest absolute Gasteiger partial charge is 0.481 e. The Hall–Kier alpha value is -1.43. The molecular weight excluding hydrogens is 168 g/mol. The van der Waals surface area contributed by atoms with E-state index in [-0.39, 0.29) is 0 Å². The number of hydrogen-bond donors (Lipinski definition) is 3. The molecule has 6 heteroatoms. The van der Waals surface area contributed by atoms with Gasteiger partial charge in [-0.2, -0.15) is 0 Å². The third kappa shape index (κ3) is 2.67. The Kier molecular flexibility index (Phi) is 2.92. The minimum absolute atomic E-state index is 0.845. The van der Waals surface area contributed by atoms with Gasteiger partial charge < -0.3 is 15.3 Å². The highest BCUT2D eigenvalue weighted by atomic mass is 16.4. The number of Topliss-reactive ketones (excluding diaryl/α,β-unsaturated/α-hetero) is 1. The van der Waals surface area contributed by atoms with Crippen LogP contribution in [0.1, 0.15) is 13.3 Å². The molecule has 1 atom stereocenters. The van der Waals surface area contributed by atoms with Gasteiger partial charge in [0.15, 0.2) is 0 Å². The van der Waals surface area contributed by atoms with Crippen molar-refractivity contribution in [2.24, 2.45) is 0 Å². The smallest absolute Gasteiger partial charge is 0.375 e. The van der Waals surface area contributed by atoms with Crippen molar-refractivity contribution in [2.45, 2.75) is 18.9 Å². The fourth-order valence-corrected chi connectivity index (χ4v) is 0.605. The summed E-state index contributed by atoms with van der Waals surface area (Å²) in [7, 11) is 0. The van der Waals surface area contributed by atoms with Crippen molar-refractivity contribution in [2.75, 3.05) is 0 Å². The summed E-state index contributed by atoms with van der Waals surface area (Å²) in [5, 5.41) is 25.3. The molecule has 0 aromatic heterocycles. The number of carbonyl (C=O) groups excluding carboxylic acids is 1. The summed E-state index contributed by atoms with van der Waals surface area (Å²) in [5.41, 5.74) is -2.34. The van der Waals surface area contributed by atoms with Crippen LogP contribution >= 0.6 is 0 Å². The number of carbonyl (C=O) groups is 3. The molecule has 0 amide bonds. The molecule has 1 unspecified atom stereocenters. The Morgan fingerprint density at radius 3 is 1.92 bits per heavy atom. The first-order valence-electron chi connectivity index (χ1n) is 2.99. The summed E-state index contributed by atoms with van der Waals surface area (Å²) in [6.07, 6.45) is -0.919. The van der Waals surface area contributed by atoms with Crippen molar-refractivity contribution >= 4 is 17.7 Å². The minimum atomic E-state index is -2.34. The van der Waals surface area contributed by atoms with Crippen LogP contribution in [0.4, 0.5) is 0 Å². The second kappa shape index (κ2) is 3.31. The van der Waals surface area contributed by atoms with Gasteiger partial charge in [-0.05, 0) is 6.92 Å². The summed E-state index contributed by atoms with van der Waals surface area (Å²) >= 11 is 0. The number of aliphatic hydroxyl groups is 1. The highest BCUT2D eigenvalue weighted by molar-refractivity contribution is 6.36. The summed E-state index contributed by atoms with van der Waals surface area (Å²) in [6, 6.07) is 0. The van der Waals surface area contributed by atoms with Crippen molar-refractivity contribution < 1.29 is 29.7 Å². The third-order valence-electron chi connectivity index (χ3n) is 1.18. The molecule has 0 saturated heterocycles. The Morgan fingerprint density at radius 2 is 1.67 bits per heavy atom. The van der Waals surface area contributed by atoms with Crippen LogP contribution in [0, 0.1) is 0 Å². The van der Waals surface area contributed by atoms with Gasteiger partial charge in [-0.15, -0.1) is 0 Å². The lowest BCUT2D eigenvalue weighted by Gasteiger charge is -2.15. The quantitative estimate of drug-likeness (QED) is 0.467. The minimum Gasteiger partial charge on any atom is -0.481 e. The van der Waals surface area contributed by atoms with Crippen LogP contribution in [-0.2, 0) is 14.4 Å². The number of aliphatic carboxylic acids is 2. The van der Waals surface area contributed by atoms with Gasteiger partial charge in [0.1, 0.15) is 5.60 Å². The maximum Gasteiger partial charge on any atom is 0.375 e. The summed E-state index contributed by atoms with van der Waals surface area (Å²) in [4.78, 5) is 30.6. The van der Waals surface area contributed by atoms with Crippen LogP contribution in [0.3, 0.4) is 0 Å². The molecule has 0 rings (SSSR count). The zero-order valence-corrected chi connectivity index (χ0v) is 6.27. The van der Waals surface area contributed by atoms with E-state index in [4.69, 9.17) is 15.3 Å². The molecule has 0 saturated carbocycles. The van der Waals surface area contributed by atoms with Gasteiger partial charge in [0.2, 0.25) is 0 Å². The van der Waals surface area contributed by atoms with E-state index in [0.29, 0.717) is 0 Å². The highest BCUT2D eigenvalue weighted by Crippen LogP contribution is 2.10. The monoisotopic (exact) mass is 176 g/mol. The molecule has 6 nitrogen and oxygen atoms in total. The third-order valence-corrected chi connectivity index (χ3v) is 1.18. The molecule has 0 aliphatic rings. The number of carboxylic acids is 2. The molecule has 0 aromatic carbocycles. The van der Waals surface area contributed by atoms with E-state index in [9.17, 15) is 14.4 Å². The number of hydrogen-bond acceptors (Lipinski definition) is 4. The van der Waals surface area contributed by atoms with Gasteiger partial charge in [-0.3, -0.25) is 9.59 Å². The number of ketones is 1. The molecular formula is C6H8O6. The van der Waals surface area contributed by atoms with Crippen LogP contribution in [0.25, 0.3) is 0 Å². The van der Waals surface area contributed by atoms with Crippen molar-refractivity contribution in [1.82, 2.24) is 0 Å². The number of rotatable bonds is 4. The zero-order valence-electron chi connectivity index (χ0n) is 6.27. The van der Waals surface area contributed by atoms with E-state index in [1.807, 2.05) is 0 Å². The lowest BCUT2D eigenvalue weighted by Crippen LogP contribution is -2.41. The molecule has 68 valence electrons. The molecule has 0 aliphatic heterocycles. The van der Waals surface area contributed by atoms with Crippen LogP contribution in [0.15, 0.2) is 0 Å². The average Bonchev–Trinajstić information content (AvgIpc) is 1.82. The van der Waals surface area contributed by atoms with E-state index >= 15 is 0 Å². The van der Waals surface area contributed by atoms with Crippen molar-refractivity contribution in [3.63, 3.8) is 0 Å². The van der Waals surface area contributed by atoms with Gasteiger partial charge in [-0.25, -0.2) is 4.79 Å². The Labute approximate surface area is 67.4 Å². The summed E-state index contributed by atoms with van der Waals surface area (Å²) in [5.74, 6) is -4.80. The predicted octanol–water partition coefficient (Wildman–Crippen LogP) is -1.13. The lowest BCUT2D eigenvalue weighted by atomic mass is 9.97. The maximum absolute atomic E-state index is 10.6. The normalized spacial score (nSPS) is 14.8. The lowest BCUT2D eigenvalue weighted by molar-refractivity contribution is -0.161. The van der Waals surface area contributed by atoms with E-state index < -0.39 is 29.7 Å². The fraction of sp³-hybridized carbons (Fsp3) is 0.500. The molecule has 3 N–H and O–H groups in total. The van der Waals surface area contributed by atoms with E-state index in [2.05, 4.69) is 0 Å². The molecule has 12 heavy (non-hydrogen) atoms. The van der Waals surface area contributed by atoms with Gasteiger partial charge in [0.05, 0.1) is 6.42 Å². The summed E-state index contributed by atoms with van der Waals surface area (Å²) in [6.45, 7) is 0.845. The predicted molar refractivity (Wildman–Crippen MR) is 35.5 cm³/mol. The first kappa shape index (κ1) is 10.6. The van der Waals surface area contributed by atoms with E-state index in [1.165, 1.54) is 0 Å². The standard InChI is InChI=1S/C6H8O6/c1-6(12,2-3(7)8)4(9)5(10)11/h12H,2H2,1H3,(H,7,8)(H,10,11). The molecule has 0 aliphatic carbocycles. The van der Waals surface area contributed by atoms with Crippen LogP contribution in [0.5, 0.6) is 0 Å². The van der Waals surface area contributed by atoms with Crippen molar-refractivity contribution in [1.29, 1.82) is 0 Å². The van der Waals surface area contributed by atoms with Crippen molar-refractivity contribution in [3.8, 4) is 0 Å². The number of carboxylic acid groups (broad SMARTS) is 2. The second-order valence-electron chi connectivity index (χ2n) is 2.48. The van der Waals surface area contributed by atoms with Crippen LogP contribution < -0.4 is 0 Å². The molecule has 0 spiro atoms. The van der Waals surface area contributed by atoms with Crippen molar-refractivity contribution in [3.05, 3.63) is 0 Å². The highest BCUT2D eigenvalue weighted by Gasteiger charge is 2.37. The second-order valence-corrected chi connectivity index (χ2v) is 2.48. The molecule has 0 radical (unpaired) electrons. The fourth-order valence-electron chi connectivity index (χ4n) is 0.605. The molecule has 0 aromatic rings. The first-order chi connectivity index (χ1) is 5.27. The van der Waals surface area contributed by atoms with E-state index in [0.717, 1.165) is 6.92 Å². The van der Waals surface area contributed by atoms with E-state index in [1.54, 1.807) is 0 Å². The maximum atomic E-state index is 10.6. The Bertz CT molecular complexity index is 228. The van der Waals surface area contributed by atoms with Crippen LogP contribution in [-0.4, -0.2) is 38.6 Å². The van der Waals surface area contributed by atoms with Gasteiger partial charge in [0, 0.05) is 0 Å². The van der Waals surface area contributed by atoms with Gasteiger partial charge in [0.25, 0.3) is 5.78 Å². The Morgan fingerprint density at radius 1 is 1.25 bits per heavy atom. The first-order valence-corrected chi connectivity index (χ1v) is 2.99. The Balaban J connectivity index is 4.50. The topological polar surface area (TPSA) is 112 Å². The van der Waals surface area contributed by atoms with Gasteiger partial charge in [-0.1, -0.05) is 0 Å².